The van der Waals surface area contributed by atoms with Gasteiger partial charge in [0, 0.05) is 17.8 Å². The fourth-order valence-corrected chi connectivity index (χ4v) is 13.2. The molecule has 10 rings (SSSR count). The van der Waals surface area contributed by atoms with Crippen LogP contribution in [0.1, 0.15) is 165 Å². The van der Waals surface area contributed by atoms with E-state index in [1.165, 1.54) is 30.9 Å². The highest BCUT2D eigenvalue weighted by atomic mass is 16.5. The number of imidazole rings is 2. The van der Waals surface area contributed by atoms with Gasteiger partial charge in [-0.05, 0) is 134 Å². The van der Waals surface area contributed by atoms with Gasteiger partial charge in [0.1, 0.15) is 23.7 Å². The summed E-state index contributed by atoms with van der Waals surface area (Å²) in [7, 11) is 2.65. The third-order valence-corrected chi connectivity index (χ3v) is 16.8. The number of anilines is 1. The van der Waals surface area contributed by atoms with Gasteiger partial charge < -0.3 is 44.8 Å². The summed E-state index contributed by atoms with van der Waals surface area (Å²) in [5, 5.41) is 5.66. The SMILES string of the molecule is COC(=O)NC(C(=O)N1C(c2nc3cc([C@H]4CCC(c5ccc6[nH]c(C7CC8CCCC8N7C(=O)[C@@H](NC(=O)OC)C(C)C)nc6c5)N4c4ccc(C(C)(C)C)cc4)ccc3[nH]2)C[C@@H]2CCC[C@@H]21)C(C)C. The van der Waals surface area contributed by atoms with Crippen LogP contribution < -0.4 is 15.5 Å². The maximum absolute atomic E-state index is 14.5. The van der Waals surface area contributed by atoms with E-state index in [1.54, 1.807) is 0 Å². The maximum Gasteiger partial charge on any atom is 0.407 e. The van der Waals surface area contributed by atoms with Crippen LogP contribution in [-0.2, 0) is 24.5 Å². The van der Waals surface area contributed by atoms with E-state index in [9.17, 15) is 19.2 Å². The molecule has 4 N–H and O–H groups in total. The zero-order valence-electron chi connectivity index (χ0n) is 43.0. The average Bonchev–Trinajstić information content (AvgIpc) is 4.21. The molecule has 15 heteroatoms. The number of nitrogens with one attached hydrogen (secondary N) is 4. The molecule has 4 amide bonds. The minimum Gasteiger partial charge on any atom is -0.453 e. The molecule has 6 unspecified atom stereocenters. The van der Waals surface area contributed by atoms with Gasteiger partial charge >= 0.3 is 12.2 Å². The van der Waals surface area contributed by atoms with Crippen molar-refractivity contribution in [3.63, 3.8) is 0 Å². The number of H-pyrrole nitrogens is 2. The molecule has 0 radical (unpaired) electrons. The lowest BCUT2D eigenvalue weighted by Crippen LogP contribution is -2.53. The molecule has 2 saturated carbocycles. The third kappa shape index (κ3) is 9.00. The number of alkyl carbamates (subject to hydrolysis) is 2. The first kappa shape index (κ1) is 48.5. The van der Waals surface area contributed by atoms with Crippen LogP contribution in [0.3, 0.4) is 0 Å². The van der Waals surface area contributed by atoms with Crippen molar-refractivity contribution in [2.75, 3.05) is 19.1 Å². The van der Waals surface area contributed by atoms with Crippen molar-refractivity contribution in [3.05, 3.63) is 89.0 Å². The van der Waals surface area contributed by atoms with Crippen LogP contribution in [0.15, 0.2) is 60.7 Å². The number of carbonyl (C=O) groups is 4. The van der Waals surface area contributed by atoms with E-state index >= 15 is 0 Å². The Bertz CT molecular complexity index is 2630. The molecular formula is C56H73N9O6. The summed E-state index contributed by atoms with van der Waals surface area (Å²) in [5.74, 6) is 1.95. The number of rotatable bonds is 11. The molecule has 5 fully saturated rings. The third-order valence-electron chi connectivity index (χ3n) is 16.8. The molecule has 0 spiro atoms. The molecule has 3 saturated heterocycles. The number of amides is 4. The lowest BCUT2D eigenvalue weighted by molar-refractivity contribution is -0.138. The molecule has 378 valence electrons. The number of carbonyl (C=O) groups excluding carboxylic acids is 4. The predicted molar refractivity (Wildman–Crippen MR) is 274 cm³/mol. The Morgan fingerprint density at radius 3 is 1.44 bits per heavy atom. The van der Waals surface area contributed by atoms with Crippen molar-refractivity contribution in [1.82, 2.24) is 40.4 Å². The van der Waals surface area contributed by atoms with Crippen LogP contribution in [0.25, 0.3) is 22.1 Å². The number of fused-ring (bicyclic) bond motifs is 4. The molecule has 5 heterocycles. The van der Waals surface area contributed by atoms with Crippen LogP contribution in [0.2, 0.25) is 0 Å². The monoisotopic (exact) mass is 968 g/mol. The normalized spacial score (nSPS) is 26.1. The molecule has 5 aliphatic rings. The minimum atomic E-state index is -0.705. The second-order valence-corrected chi connectivity index (χ2v) is 22.8. The van der Waals surface area contributed by atoms with Crippen molar-refractivity contribution < 1.29 is 28.7 Å². The van der Waals surface area contributed by atoms with E-state index < -0.39 is 24.3 Å². The number of aromatic amines is 2. The molecule has 5 aromatic rings. The predicted octanol–water partition coefficient (Wildman–Crippen LogP) is 10.5. The van der Waals surface area contributed by atoms with Crippen LogP contribution in [0.4, 0.5) is 15.3 Å². The van der Waals surface area contributed by atoms with E-state index in [4.69, 9.17) is 19.4 Å². The fourth-order valence-electron chi connectivity index (χ4n) is 13.2. The van der Waals surface area contributed by atoms with Gasteiger partial charge in [-0.3, -0.25) is 9.59 Å². The second kappa shape index (κ2) is 19.1. The molecule has 2 aliphatic carbocycles. The number of nitrogens with zero attached hydrogens (tertiary/aromatic N) is 5. The quantitative estimate of drug-likeness (QED) is 0.100. The van der Waals surface area contributed by atoms with Gasteiger partial charge in [-0.2, -0.15) is 0 Å². The molecule has 3 aromatic carbocycles. The van der Waals surface area contributed by atoms with E-state index in [1.807, 2.05) is 37.5 Å². The Morgan fingerprint density at radius 1 is 0.606 bits per heavy atom. The van der Waals surface area contributed by atoms with Gasteiger partial charge in [0.2, 0.25) is 11.8 Å². The molecule has 15 nitrogen and oxygen atoms in total. The summed E-state index contributed by atoms with van der Waals surface area (Å²) in [6, 6.07) is 20.7. The summed E-state index contributed by atoms with van der Waals surface area (Å²) < 4.78 is 9.86. The number of methoxy groups -OCH3 is 2. The van der Waals surface area contributed by atoms with Gasteiger partial charge in [-0.1, -0.05) is 85.6 Å². The number of likely N-dealkylation sites (tertiary alicyclic amines) is 2. The first-order valence-electron chi connectivity index (χ1n) is 26.2. The van der Waals surface area contributed by atoms with Crippen molar-refractivity contribution in [2.45, 2.75) is 166 Å². The van der Waals surface area contributed by atoms with Gasteiger partial charge in [0.05, 0.1) is 60.5 Å². The van der Waals surface area contributed by atoms with Gasteiger partial charge in [-0.25, -0.2) is 19.6 Å². The highest BCUT2D eigenvalue weighted by molar-refractivity contribution is 5.88. The van der Waals surface area contributed by atoms with Crippen LogP contribution in [0.5, 0.6) is 0 Å². The van der Waals surface area contributed by atoms with Crippen LogP contribution in [-0.4, -0.2) is 92.1 Å². The summed E-state index contributed by atoms with van der Waals surface area (Å²) in [6.07, 6.45) is 8.52. The summed E-state index contributed by atoms with van der Waals surface area (Å²) in [4.78, 5) is 78.2. The van der Waals surface area contributed by atoms with Gasteiger partial charge in [0.25, 0.3) is 0 Å². The van der Waals surface area contributed by atoms with E-state index in [2.05, 4.69) is 107 Å². The van der Waals surface area contributed by atoms with Crippen molar-refractivity contribution >= 4 is 51.8 Å². The highest BCUT2D eigenvalue weighted by Crippen LogP contribution is 2.51. The topological polar surface area (TPSA) is 178 Å². The van der Waals surface area contributed by atoms with E-state index in [-0.39, 0.29) is 65.3 Å². The Kier molecular flexibility index (Phi) is 13.1. The van der Waals surface area contributed by atoms with Crippen molar-refractivity contribution in [1.29, 1.82) is 0 Å². The zero-order valence-corrected chi connectivity index (χ0v) is 43.0. The fraction of sp³-hybridized carbons (Fsp3) is 0.571. The maximum atomic E-state index is 14.5. The van der Waals surface area contributed by atoms with Crippen LogP contribution >= 0.6 is 0 Å². The minimum absolute atomic E-state index is 0.00514. The smallest absolute Gasteiger partial charge is 0.407 e. The molecule has 3 aliphatic heterocycles. The van der Waals surface area contributed by atoms with Crippen LogP contribution in [0, 0.1) is 23.7 Å². The van der Waals surface area contributed by atoms with Gasteiger partial charge in [0.15, 0.2) is 0 Å². The number of ether oxygens (including phenoxy) is 2. The highest BCUT2D eigenvalue weighted by Gasteiger charge is 2.51. The molecule has 0 bridgehead atoms. The largest absolute Gasteiger partial charge is 0.453 e. The summed E-state index contributed by atoms with van der Waals surface area (Å²) in [6.45, 7) is 14.6. The van der Waals surface area contributed by atoms with Gasteiger partial charge in [-0.15, -0.1) is 0 Å². The molecular weight excluding hydrogens is 895 g/mol. The standard InChI is InChI=1S/C56H73N9O6/c1-30(2)48(61-54(68)70-8)52(66)64-42-14-10-12-32(42)28-46(64)50-57-38-22-16-34(26-40(38)59-50)44-24-25-45(63(44)37-20-18-36(19-21-37)56(5,6)7)35-17-23-39-41(27-35)60-51(58-39)47-29-33-13-11-15-43(33)65(47)53(67)49(31(3)4)62-55(69)71-9/h16-23,26-27,30-33,42-49H,10-15,24-25,28-29H2,1-9H3,(H,57,59)(H,58,60)(H,61,68)(H,62,69)/t32-,33?,42-,43?,44+,45?,46?,47?,48?,49-/m0/s1. The van der Waals surface area contributed by atoms with E-state index in [0.717, 1.165) is 104 Å². The zero-order chi connectivity index (χ0) is 50.0. The van der Waals surface area contributed by atoms with Crippen molar-refractivity contribution in [2.24, 2.45) is 23.7 Å². The average molecular weight is 968 g/mol. The summed E-state index contributed by atoms with van der Waals surface area (Å²) in [5.41, 5.74) is 8.39. The number of benzene rings is 3. The first-order valence-corrected chi connectivity index (χ1v) is 26.2. The Morgan fingerprint density at radius 2 is 1.04 bits per heavy atom. The Labute approximate surface area is 417 Å². The lowest BCUT2D eigenvalue weighted by atomic mass is 9.87. The number of aromatic nitrogens is 4. The molecule has 10 atom stereocenters. The number of hydrogen-bond donors (Lipinski definition) is 4. The first-order chi connectivity index (χ1) is 34.0. The Balaban J connectivity index is 0.963. The molecule has 71 heavy (non-hydrogen) atoms. The number of hydrogen-bond acceptors (Lipinski definition) is 9. The second-order valence-electron chi connectivity index (χ2n) is 22.8. The van der Waals surface area contributed by atoms with E-state index in [0.29, 0.717) is 11.8 Å². The summed E-state index contributed by atoms with van der Waals surface area (Å²) >= 11 is 0. The Hall–Kier alpha value is -6.12. The van der Waals surface area contributed by atoms with Crippen molar-refractivity contribution in [3.8, 4) is 0 Å². The molecule has 2 aromatic heterocycles. The lowest BCUT2D eigenvalue weighted by Gasteiger charge is -2.34.